The maximum absolute atomic E-state index is 13.6. The summed E-state index contributed by atoms with van der Waals surface area (Å²) in [4.78, 5) is 32.0. The van der Waals surface area contributed by atoms with Gasteiger partial charge in [-0.2, -0.15) is 0 Å². The number of fused-ring (bicyclic) bond motifs is 1. The maximum Gasteiger partial charge on any atom is 0.573 e. The van der Waals surface area contributed by atoms with Gasteiger partial charge in [-0.1, -0.05) is 32.0 Å². The number of nitrogens with zero attached hydrogens (tertiary/aromatic N) is 5. The Hall–Kier alpha value is -4.27. The van der Waals surface area contributed by atoms with E-state index in [-0.39, 0.29) is 55.6 Å². The topological polar surface area (TPSA) is 131 Å². The van der Waals surface area contributed by atoms with Crippen LogP contribution in [0.15, 0.2) is 36.5 Å². The Morgan fingerprint density at radius 2 is 1.95 bits per heavy atom. The van der Waals surface area contributed by atoms with E-state index in [9.17, 15) is 27.9 Å². The lowest BCUT2D eigenvalue weighted by Crippen LogP contribution is -2.47. The Labute approximate surface area is 246 Å². The maximum atomic E-state index is 13.6. The number of benzene rings is 1. The van der Waals surface area contributed by atoms with Crippen molar-refractivity contribution in [3.63, 3.8) is 0 Å². The number of aromatic nitrogens is 3. The van der Waals surface area contributed by atoms with Crippen molar-refractivity contribution >= 4 is 29.3 Å². The van der Waals surface area contributed by atoms with Crippen LogP contribution < -0.4 is 15.0 Å². The van der Waals surface area contributed by atoms with Crippen LogP contribution >= 0.6 is 0 Å². The molecule has 1 atom stereocenters. The predicted octanol–water partition coefficient (Wildman–Crippen LogP) is 5.48. The zero-order valence-corrected chi connectivity index (χ0v) is 24.5. The second kappa shape index (κ2) is 12.5. The molecule has 0 bridgehead atoms. The number of nitrogens with one attached hydrogen (secondary N) is 1. The standard InChI is InChI=1S/C28H35F3N6O6/c1-17(2)21-14-33-24-20(12-23(34-37(21)24)32-13-19-16-35(25(38)39)10-11-41-19)36(26(40)43-27(3,4)5)15-18-8-6-7-9-22(18)42-28(29,30)31/h6-9,12,14,17,19H,10-11,13,15-16H2,1-5H3,(H,32,34)(H,38,39)/t19-/m0/s1. The minimum Gasteiger partial charge on any atom is -0.465 e. The first-order chi connectivity index (χ1) is 20.1. The molecule has 0 saturated carbocycles. The summed E-state index contributed by atoms with van der Waals surface area (Å²) in [5, 5.41) is 17.2. The van der Waals surface area contributed by atoms with Gasteiger partial charge in [0, 0.05) is 24.7 Å². The third-order valence-electron chi connectivity index (χ3n) is 6.42. The number of imidazole rings is 1. The summed E-state index contributed by atoms with van der Waals surface area (Å²) in [5.41, 5.74) is 0.373. The van der Waals surface area contributed by atoms with Crippen LogP contribution in [-0.2, 0) is 16.0 Å². The summed E-state index contributed by atoms with van der Waals surface area (Å²) in [6, 6.07) is 7.08. The molecule has 0 radical (unpaired) electrons. The minimum absolute atomic E-state index is 0.0210. The predicted molar refractivity (Wildman–Crippen MR) is 150 cm³/mol. The number of hydrogen-bond acceptors (Lipinski definition) is 8. The van der Waals surface area contributed by atoms with Crippen LogP contribution in [0.4, 0.5) is 34.3 Å². The average molecular weight is 609 g/mol. The first-order valence-corrected chi connectivity index (χ1v) is 13.7. The number of carbonyl (C=O) groups excluding carboxylic acids is 1. The lowest BCUT2D eigenvalue weighted by atomic mass is 10.1. The van der Waals surface area contributed by atoms with Crippen LogP contribution in [-0.4, -0.2) is 81.1 Å². The SMILES string of the molecule is CC(C)c1cnc2c(N(Cc3ccccc3OC(F)(F)F)C(=O)OC(C)(C)C)cc(NC[C@H]3CN(C(=O)O)CCO3)nn12. The summed E-state index contributed by atoms with van der Waals surface area (Å²) < 4.78 is 56.8. The second-order valence-electron chi connectivity index (χ2n) is 11.3. The van der Waals surface area contributed by atoms with Crippen LogP contribution in [0.2, 0.25) is 0 Å². The quantitative estimate of drug-likeness (QED) is 0.341. The third kappa shape index (κ3) is 8.18. The van der Waals surface area contributed by atoms with Gasteiger partial charge >= 0.3 is 18.5 Å². The van der Waals surface area contributed by atoms with Crippen molar-refractivity contribution in [1.29, 1.82) is 0 Å². The van der Waals surface area contributed by atoms with E-state index >= 15 is 0 Å². The number of amides is 2. The van der Waals surface area contributed by atoms with Crippen molar-refractivity contribution in [2.45, 2.75) is 65.1 Å². The number of para-hydroxylation sites is 1. The highest BCUT2D eigenvalue weighted by molar-refractivity contribution is 5.93. The lowest BCUT2D eigenvalue weighted by molar-refractivity contribution is -0.274. The van der Waals surface area contributed by atoms with Gasteiger partial charge in [-0.3, -0.25) is 4.90 Å². The first-order valence-electron chi connectivity index (χ1n) is 13.7. The summed E-state index contributed by atoms with van der Waals surface area (Å²) >= 11 is 0. The zero-order valence-electron chi connectivity index (χ0n) is 24.5. The fourth-order valence-corrected chi connectivity index (χ4v) is 4.48. The van der Waals surface area contributed by atoms with Gasteiger partial charge in [0.25, 0.3) is 0 Å². The highest BCUT2D eigenvalue weighted by atomic mass is 19.4. The third-order valence-corrected chi connectivity index (χ3v) is 6.42. The minimum atomic E-state index is -4.94. The van der Waals surface area contributed by atoms with E-state index in [0.717, 1.165) is 5.69 Å². The highest BCUT2D eigenvalue weighted by Crippen LogP contribution is 2.33. The number of carboxylic acid groups (broad SMARTS) is 1. The molecule has 4 rings (SSSR count). The van der Waals surface area contributed by atoms with Gasteiger partial charge in [-0.25, -0.2) is 19.1 Å². The number of alkyl halides is 3. The Kier molecular flexibility index (Phi) is 9.23. The molecule has 3 heterocycles. The van der Waals surface area contributed by atoms with Crippen molar-refractivity contribution in [2.75, 3.05) is 36.5 Å². The molecule has 15 heteroatoms. The molecule has 2 aromatic heterocycles. The molecular formula is C28H35F3N6O6. The van der Waals surface area contributed by atoms with Crippen LogP contribution in [0.25, 0.3) is 5.65 Å². The summed E-state index contributed by atoms with van der Waals surface area (Å²) in [5.74, 6) is -0.185. The number of carbonyl (C=O) groups is 2. The number of anilines is 2. The second-order valence-corrected chi connectivity index (χ2v) is 11.3. The molecule has 43 heavy (non-hydrogen) atoms. The molecule has 3 aromatic rings. The summed E-state index contributed by atoms with van der Waals surface area (Å²) in [6.45, 7) is 9.42. The molecule has 0 aliphatic carbocycles. The molecule has 1 aliphatic heterocycles. The number of ether oxygens (including phenoxy) is 3. The normalized spacial score (nSPS) is 15.9. The van der Waals surface area contributed by atoms with Gasteiger partial charge in [0.05, 0.1) is 43.4 Å². The molecule has 2 amide bonds. The van der Waals surface area contributed by atoms with Crippen molar-refractivity contribution in [2.24, 2.45) is 0 Å². The van der Waals surface area contributed by atoms with Crippen LogP contribution in [0.3, 0.4) is 0 Å². The Morgan fingerprint density at radius 1 is 1.23 bits per heavy atom. The molecule has 1 fully saturated rings. The molecule has 2 N–H and O–H groups in total. The van der Waals surface area contributed by atoms with Gasteiger partial charge in [-0.05, 0) is 32.8 Å². The van der Waals surface area contributed by atoms with E-state index in [1.165, 1.54) is 34.1 Å². The Balaban J connectivity index is 1.77. The van der Waals surface area contributed by atoms with Crippen molar-refractivity contribution < 1.29 is 42.1 Å². The number of hydrogen-bond donors (Lipinski definition) is 2. The van der Waals surface area contributed by atoms with Gasteiger partial charge in [0.2, 0.25) is 0 Å². The van der Waals surface area contributed by atoms with E-state index in [1.807, 2.05) is 13.8 Å². The van der Waals surface area contributed by atoms with E-state index in [0.29, 0.717) is 5.82 Å². The fourth-order valence-electron chi connectivity index (χ4n) is 4.48. The average Bonchev–Trinajstić information content (AvgIpc) is 3.34. The van der Waals surface area contributed by atoms with Gasteiger partial charge in [0.15, 0.2) is 5.65 Å². The Bertz CT molecular complexity index is 1450. The number of halogens is 3. The van der Waals surface area contributed by atoms with Crippen LogP contribution in [0, 0.1) is 0 Å². The molecule has 12 nitrogen and oxygen atoms in total. The molecule has 234 valence electrons. The summed E-state index contributed by atoms with van der Waals surface area (Å²) in [7, 11) is 0. The first kappa shape index (κ1) is 31.7. The monoisotopic (exact) mass is 608 g/mol. The molecule has 1 aliphatic rings. The molecule has 0 unspecified atom stereocenters. The van der Waals surface area contributed by atoms with Crippen molar-refractivity contribution in [3.05, 3.63) is 47.8 Å². The number of morpholine rings is 1. The molecule has 1 aromatic carbocycles. The zero-order chi connectivity index (χ0) is 31.5. The largest absolute Gasteiger partial charge is 0.573 e. The highest BCUT2D eigenvalue weighted by Gasteiger charge is 2.34. The van der Waals surface area contributed by atoms with Crippen molar-refractivity contribution in [3.8, 4) is 5.75 Å². The van der Waals surface area contributed by atoms with E-state index in [2.05, 4.69) is 20.1 Å². The fraction of sp³-hybridized carbons (Fsp3) is 0.500. The lowest BCUT2D eigenvalue weighted by Gasteiger charge is -2.31. The van der Waals surface area contributed by atoms with Gasteiger partial charge in [-0.15, -0.1) is 18.3 Å². The van der Waals surface area contributed by atoms with E-state index < -0.39 is 36.0 Å². The Morgan fingerprint density at radius 3 is 2.60 bits per heavy atom. The van der Waals surface area contributed by atoms with E-state index in [4.69, 9.17) is 9.47 Å². The van der Waals surface area contributed by atoms with Gasteiger partial charge in [0.1, 0.15) is 17.2 Å². The number of rotatable bonds is 8. The molecule has 0 spiro atoms. The van der Waals surface area contributed by atoms with Crippen LogP contribution in [0.5, 0.6) is 5.75 Å². The van der Waals surface area contributed by atoms with Crippen molar-refractivity contribution in [1.82, 2.24) is 19.5 Å². The summed E-state index contributed by atoms with van der Waals surface area (Å²) in [6.07, 6.45) is -5.66. The van der Waals surface area contributed by atoms with Crippen LogP contribution in [0.1, 0.15) is 51.8 Å². The smallest absolute Gasteiger partial charge is 0.465 e. The molecular weight excluding hydrogens is 573 g/mol. The van der Waals surface area contributed by atoms with E-state index in [1.54, 1.807) is 37.5 Å². The molecule has 1 saturated heterocycles. The van der Waals surface area contributed by atoms with Gasteiger partial charge < -0.3 is 29.5 Å².